The second-order valence-corrected chi connectivity index (χ2v) is 5.97. The van der Waals surface area contributed by atoms with E-state index in [4.69, 9.17) is 25.8 Å². The summed E-state index contributed by atoms with van der Waals surface area (Å²) in [6.07, 6.45) is 0. The summed E-state index contributed by atoms with van der Waals surface area (Å²) < 4.78 is 15.5. The summed E-state index contributed by atoms with van der Waals surface area (Å²) in [7, 11) is 2.98. The number of fused-ring (bicyclic) bond motifs is 1. The maximum absolute atomic E-state index is 12.5. The number of methoxy groups -OCH3 is 2. The number of para-hydroxylation sites is 1. The molecule has 0 unspecified atom stereocenters. The average Bonchev–Trinajstić information content (AvgIpc) is 2.70. The van der Waals surface area contributed by atoms with Gasteiger partial charge in [-0.2, -0.15) is 0 Å². The number of ether oxygens (including phenoxy) is 3. The average molecular weight is 386 g/mol. The van der Waals surface area contributed by atoms with Crippen molar-refractivity contribution in [2.75, 3.05) is 20.8 Å². The number of halogens is 1. The summed E-state index contributed by atoms with van der Waals surface area (Å²) in [6, 6.07) is 13.2. The molecule has 7 heteroatoms. The highest BCUT2D eigenvalue weighted by atomic mass is 35.5. The molecule has 3 aromatic rings. The third kappa shape index (κ3) is 4.01. The number of ketones is 1. The number of hydrogen-bond acceptors (Lipinski definition) is 6. The van der Waals surface area contributed by atoms with Crippen LogP contribution < -0.4 is 9.47 Å². The third-order valence-corrected chi connectivity index (χ3v) is 4.14. The van der Waals surface area contributed by atoms with Crippen molar-refractivity contribution >= 4 is 34.3 Å². The lowest BCUT2D eigenvalue weighted by atomic mass is 10.1. The van der Waals surface area contributed by atoms with Crippen LogP contribution in [-0.2, 0) is 4.74 Å². The Hall–Kier alpha value is -3.12. The van der Waals surface area contributed by atoms with Crippen molar-refractivity contribution in [2.45, 2.75) is 0 Å². The Balaban J connectivity index is 1.77. The summed E-state index contributed by atoms with van der Waals surface area (Å²) in [5, 5.41) is 0.775. The minimum atomic E-state index is -0.649. The van der Waals surface area contributed by atoms with Gasteiger partial charge in [-0.25, -0.2) is 9.78 Å². The second kappa shape index (κ2) is 8.05. The fourth-order valence-electron chi connectivity index (χ4n) is 2.61. The van der Waals surface area contributed by atoms with Gasteiger partial charge in [-0.05, 0) is 30.3 Å². The molecule has 0 fully saturated rings. The van der Waals surface area contributed by atoms with Gasteiger partial charge in [0.25, 0.3) is 0 Å². The number of Topliss-reactive ketones (excluding diaryl/α,β-unsaturated/α-hetero) is 1. The van der Waals surface area contributed by atoms with Crippen molar-refractivity contribution in [2.24, 2.45) is 0 Å². The molecule has 0 saturated carbocycles. The standard InChI is InChI=1S/C20H16ClNO5/c1-25-17-8-7-12(9-18(17)26-2)16(23)11-27-20(24)14-10-19(21)22-15-6-4-3-5-13(14)15/h3-10H,11H2,1-2H3. The fourth-order valence-corrected chi connectivity index (χ4v) is 2.81. The zero-order chi connectivity index (χ0) is 19.4. The second-order valence-electron chi connectivity index (χ2n) is 5.58. The predicted molar refractivity (Wildman–Crippen MR) is 101 cm³/mol. The Morgan fingerprint density at radius 3 is 2.48 bits per heavy atom. The van der Waals surface area contributed by atoms with Crippen molar-refractivity contribution in [1.29, 1.82) is 0 Å². The highest BCUT2D eigenvalue weighted by molar-refractivity contribution is 6.30. The summed E-state index contributed by atoms with van der Waals surface area (Å²) in [5.74, 6) is -0.0939. The fraction of sp³-hybridized carbons (Fsp3) is 0.150. The molecular weight excluding hydrogens is 370 g/mol. The van der Waals surface area contributed by atoms with Gasteiger partial charge in [-0.15, -0.1) is 0 Å². The van der Waals surface area contributed by atoms with E-state index in [0.717, 1.165) is 0 Å². The SMILES string of the molecule is COc1ccc(C(=O)COC(=O)c2cc(Cl)nc3ccccc23)cc1OC. The highest BCUT2D eigenvalue weighted by Crippen LogP contribution is 2.28. The van der Waals surface area contributed by atoms with E-state index in [0.29, 0.717) is 28.0 Å². The number of nitrogens with zero attached hydrogens (tertiary/aromatic N) is 1. The van der Waals surface area contributed by atoms with Crippen LogP contribution in [0.2, 0.25) is 5.15 Å². The molecule has 0 saturated heterocycles. The molecule has 138 valence electrons. The molecule has 3 rings (SSSR count). The molecule has 0 aliphatic carbocycles. The van der Waals surface area contributed by atoms with Crippen molar-refractivity contribution in [3.8, 4) is 11.5 Å². The number of pyridine rings is 1. The van der Waals surface area contributed by atoms with Crippen LogP contribution in [0.25, 0.3) is 10.9 Å². The van der Waals surface area contributed by atoms with E-state index < -0.39 is 12.6 Å². The first-order chi connectivity index (χ1) is 13.0. The van der Waals surface area contributed by atoms with Crippen LogP contribution >= 0.6 is 11.6 Å². The molecule has 0 spiro atoms. The molecule has 0 aliphatic heterocycles. The van der Waals surface area contributed by atoms with Crippen molar-refractivity contribution in [3.63, 3.8) is 0 Å². The Bertz CT molecular complexity index is 1020. The van der Waals surface area contributed by atoms with E-state index in [1.54, 1.807) is 36.4 Å². The highest BCUT2D eigenvalue weighted by Gasteiger charge is 2.17. The lowest BCUT2D eigenvalue weighted by molar-refractivity contribution is 0.0476. The molecule has 1 heterocycles. The van der Waals surface area contributed by atoms with Gasteiger partial charge in [-0.3, -0.25) is 4.79 Å². The van der Waals surface area contributed by atoms with Gasteiger partial charge in [0, 0.05) is 10.9 Å². The first kappa shape index (κ1) is 18.7. The maximum Gasteiger partial charge on any atom is 0.339 e. The van der Waals surface area contributed by atoms with Gasteiger partial charge in [0.2, 0.25) is 0 Å². The molecule has 0 N–H and O–H groups in total. The third-order valence-electron chi connectivity index (χ3n) is 3.94. The van der Waals surface area contributed by atoms with Crippen LogP contribution in [0.4, 0.5) is 0 Å². The summed E-state index contributed by atoms with van der Waals surface area (Å²) >= 11 is 5.98. The minimum Gasteiger partial charge on any atom is -0.493 e. The quantitative estimate of drug-likeness (QED) is 0.363. The number of aromatic nitrogens is 1. The molecule has 0 aliphatic rings. The molecule has 0 atom stereocenters. The van der Waals surface area contributed by atoms with Crippen LogP contribution in [0, 0.1) is 0 Å². The molecule has 6 nitrogen and oxygen atoms in total. The van der Waals surface area contributed by atoms with Gasteiger partial charge < -0.3 is 14.2 Å². The largest absolute Gasteiger partial charge is 0.493 e. The molecule has 2 aromatic carbocycles. The first-order valence-electron chi connectivity index (χ1n) is 8.01. The van der Waals surface area contributed by atoms with E-state index in [1.165, 1.54) is 26.4 Å². The normalized spacial score (nSPS) is 10.5. The zero-order valence-electron chi connectivity index (χ0n) is 14.7. The van der Waals surface area contributed by atoms with E-state index in [1.807, 2.05) is 0 Å². The van der Waals surface area contributed by atoms with Gasteiger partial charge in [-0.1, -0.05) is 29.8 Å². The predicted octanol–water partition coefficient (Wildman–Crippen LogP) is 3.95. The summed E-state index contributed by atoms with van der Waals surface area (Å²) in [4.78, 5) is 29.0. The first-order valence-corrected chi connectivity index (χ1v) is 8.39. The van der Waals surface area contributed by atoms with Crippen LogP contribution in [0.3, 0.4) is 0 Å². The topological polar surface area (TPSA) is 74.7 Å². The Morgan fingerprint density at radius 1 is 1.00 bits per heavy atom. The number of benzene rings is 2. The zero-order valence-corrected chi connectivity index (χ0v) is 15.4. The van der Waals surface area contributed by atoms with Crippen LogP contribution in [0.5, 0.6) is 11.5 Å². The van der Waals surface area contributed by atoms with Crippen molar-refractivity contribution in [3.05, 3.63) is 64.8 Å². The van der Waals surface area contributed by atoms with Crippen molar-refractivity contribution in [1.82, 2.24) is 4.98 Å². The lowest BCUT2D eigenvalue weighted by Gasteiger charge is -2.10. The number of carbonyl (C=O) groups is 2. The monoisotopic (exact) mass is 385 g/mol. The molecule has 27 heavy (non-hydrogen) atoms. The van der Waals surface area contributed by atoms with Crippen LogP contribution in [-0.4, -0.2) is 37.6 Å². The lowest BCUT2D eigenvalue weighted by Crippen LogP contribution is -2.15. The number of esters is 1. The molecule has 0 radical (unpaired) electrons. The van der Waals surface area contributed by atoms with E-state index in [2.05, 4.69) is 4.98 Å². The number of hydrogen-bond donors (Lipinski definition) is 0. The van der Waals surface area contributed by atoms with Gasteiger partial charge >= 0.3 is 5.97 Å². The molecule has 0 bridgehead atoms. The molecule has 1 aromatic heterocycles. The summed E-state index contributed by atoms with van der Waals surface area (Å²) in [6.45, 7) is -0.414. The van der Waals surface area contributed by atoms with Gasteiger partial charge in [0.05, 0.1) is 25.3 Å². The Kier molecular flexibility index (Phi) is 5.57. The Labute approximate surface area is 160 Å². The van der Waals surface area contributed by atoms with Crippen LogP contribution in [0.1, 0.15) is 20.7 Å². The van der Waals surface area contributed by atoms with Gasteiger partial charge in [0.1, 0.15) is 5.15 Å². The minimum absolute atomic E-state index is 0.173. The van der Waals surface area contributed by atoms with Gasteiger partial charge in [0.15, 0.2) is 23.9 Å². The van der Waals surface area contributed by atoms with E-state index in [9.17, 15) is 9.59 Å². The maximum atomic E-state index is 12.5. The Morgan fingerprint density at radius 2 is 1.74 bits per heavy atom. The van der Waals surface area contributed by atoms with E-state index >= 15 is 0 Å². The molecular formula is C20H16ClNO5. The molecule has 0 amide bonds. The van der Waals surface area contributed by atoms with Crippen molar-refractivity contribution < 1.29 is 23.8 Å². The number of carbonyl (C=O) groups excluding carboxylic acids is 2. The van der Waals surface area contributed by atoms with E-state index in [-0.39, 0.29) is 16.5 Å². The van der Waals surface area contributed by atoms with Crippen LogP contribution in [0.15, 0.2) is 48.5 Å². The summed E-state index contributed by atoms with van der Waals surface area (Å²) in [5.41, 5.74) is 1.17. The number of rotatable bonds is 6. The smallest absolute Gasteiger partial charge is 0.339 e.